The quantitative estimate of drug-likeness (QED) is 0.366. The van der Waals surface area contributed by atoms with Gasteiger partial charge < -0.3 is 9.30 Å². The minimum absolute atomic E-state index is 0.0794. The normalized spacial score (nSPS) is 12.1. The first kappa shape index (κ1) is 23.7. The number of alkyl halides is 3. The van der Waals surface area contributed by atoms with Crippen molar-refractivity contribution in [2.24, 2.45) is 7.05 Å². The lowest BCUT2D eigenvalue weighted by Crippen LogP contribution is -2.12. The summed E-state index contributed by atoms with van der Waals surface area (Å²) >= 11 is 0. The highest BCUT2D eigenvalue weighted by Gasteiger charge is 2.34. The first-order valence-electron chi connectivity index (χ1n) is 10.5. The first-order chi connectivity index (χ1) is 16.8. The van der Waals surface area contributed by atoms with Gasteiger partial charge in [0, 0.05) is 18.8 Å². The van der Waals surface area contributed by atoms with Crippen LogP contribution in [0.15, 0.2) is 73.3 Å². The van der Waals surface area contributed by atoms with Crippen LogP contribution in [0.2, 0.25) is 0 Å². The van der Waals surface area contributed by atoms with Crippen LogP contribution < -0.4 is 0 Å². The highest BCUT2D eigenvalue weighted by Crippen LogP contribution is 2.39. The standard InChI is InChI=1S/C26H18F3N5O/c1-34-16-32-14-24(34)25(35-15-20-9-6-17(11-30)13-33-20)18-7-8-19(12-31)22(10-18)21-4-2-3-5-23(21)26(27,28)29/h2-10,13-14,16,25H,15H2,1H3. The van der Waals surface area contributed by atoms with E-state index in [0.29, 0.717) is 22.5 Å². The molecule has 0 radical (unpaired) electrons. The van der Waals surface area contributed by atoms with Gasteiger partial charge in [0.15, 0.2) is 0 Å². The molecule has 0 amide bonds. The van der Waals surface area contributed by atoms with E-state index in [1.165, 1.54) is 30.5 Å². The van der Waals surface area contributed by atoms with E-state index in [-0.39, 0.29) is 23.3 Å². The van der Waals surface area contributed by atoms with Gasteiger partial charge in [-0.2, -0.15) is 23.7 Å². The molecule has 0 bridgehead atoms. The number of ether oxygens (including phenoxy) is 1. The van der Waals surface area contributed by atoms with Gasteiger partial charge in [-0.3, -0.25) is 4.98 Å². The van der Waals surface area contributed by atoms with E-state index in [9.17, 15) is 18.4 Å². The number of aryl methyl sites for hydroxylation is 1. The van der Waals surface area contributed by atoms with E-state index in [1.807, 2.05) is 12.1 Å². The zero-order valence-corrected chi connectivity index (χ0v) is 18.5. The average Bonchev–Trinajstić information content (AvgIpc) is 3.29. The fourth-order valence-electron chi connectivity index (χ4n) is 3.73. The minimum Gasteiger partial charge on any atom is -0.361 e. The van der Waals surface area contributed by atoms with Crippen molar-refractivity contribution in [3.8, 4) is 23.3 Å². The molecule has 35 heavy (non-hydrogen) atoms. The second-order valence-corrected chi connectivity index (χ2v) is 7.73. The van der Waals surface area contributed by atoms with E-state index < -0.39 is 17.8 Å². The molecular weight excluding hydrogens is 455 g/mol. The highest BCUT2D eigenvalue weighted by molar-refractivity contribution is 5.74. The number of imidazole rings is 1. The maximum absolute atomic E-state index is 13.7. The predicted octanol–water partition coefficient (Wildman–Crippen LogP) is 5.55. The Labute approximate surface area is 199 Å². The van der Waals surface area contributed by atoms with Crippen LogP contribution >= 0.6 is 0 Å². The van der Waals surface area contributed by atoms with E-state index in [4.69, 9.17) is 10.00 Å². The Kier molecular flexibility index (Phi) is 6.63. The van der Waals surface area contributed by atoms with Crippen LogP contribution in [-0.4, -0.2) is 14.5 Å². The average molecular weight is 473 g/mol. The molecule has 0 aliphatic heterocycles. The van der Waals surface area contributed by atoms with Crippen molar-refractivity contribution in [2.45, 2.75) is 18.9 Å². The molecule has 2 aromatic carbocycles. The molecule has 0 N–H and O–H groups in total. The van der Waals surface area contributed by atoms with Crippen LogP contribution in [-0.2, 0) is 24.6 Å². The summed E-state index contributed by atoms with van der Waals surface area (Å²) in [6.45, 7) is 0.0794. The van der Waals surface area contributed by atoms with Crippen LogP contribution in [0, 0.1) is 22.7 Å². The largest absolute Gasteiger partial charge is 0.417 e. The van der Waals surface area contributed by atoms with Gasteiger partial charge in [-0.05, 0) is 41.5 Å². The fourth-order valence-corrected chi connectivity index (χ4v) is 3.73. The Morgan fingerprint density at radius 1 is 1.00 bits per heavy atom. The molecule has 9 heteroatoms. The van der Waals surface area contributed by atoms with Crippen molar-refractivity contribution in [1.29, 1.82) is 10.5 Å². The Bertz CT molecular complexity index is 1430. The summed E-state index contributed by atoms with van der Waals surface area (Å²) in [7, 11) is 1.78. The van der Waals surface area contributed by atoms with E-state index in [0.717, 1.165) is 6.07 Å². The van der Waals surface area contributed by atoms with E-state index in [1.54, 1.807) is 48.4 Å². The molecule has 4 aromatic rings. The number of halogens is 3. The summed E-state index contributed by atoms with van der Waals surface area (Å²) in [5.74, 6) is 0. The molecule has 2 aromatic heterocycles. The molecule has 174 valence electrons. The Morgan fingerprint density at radius 3 is 2.43 bits per heavy atom. The van der Waals surface area contributed by atoms with Crippen LogP contribution in [0.5, 0.6) is 0 Å². The Morgan fingerprint density at radius 2 is 1.80 bits per heavy atom. The Balaban J connectivity index is 1.78. The highest BCUT2D eigenvalue weighted by atomic mass is 19.4. The molecule has 4 rings (SSSR count). The molecule has 1 atom stereocenters. The zero-order chi connectivity index (χ0) is 25.0. The van der Waals surface area contributed by atoms with Gasteiger partial charge in [-0.15, -0.1) is 0 Å². The van der Waals surface area contributed by atoms with Gasteiger partial charge >= 0.3 is 6.18 Å². The fraction of sp³-hybridized carbons (Fsp3) is 0.154. The molecule has 0 aliphatic rings. The molecule has 6 nitrogen and oxygen atoms in total. The van der Waals surface area contributed by atoms with Crippen molar-refractivity contribution < 1.29 is 17.9 Å². The molecule has 0 saturated carbocycles. The van der Waals surface area contributed by atoms with Gasteiger partial charge in [-0.1, -0.05) is 24.3 Å². The number of hydrogen-bond donors (Lipinski definition) is 0. The van der Waals surface area contributed by atoms with Crippen LogP contribution in [0.4, 0.5) is 13.2 Å². The molecule has 0 aliphatic carbocycles. The lowest BCUT2D eigenvalue weighted by atomic mass is 9.92. The maximum atomic E-state index is 13.7. The summed E-state index contributed by atoms with van der Waals surface area (Å²) in [6.07, 6.45) is -0.651. The number of hydrogen-bond acceptors (Lipinski definition) is 5. The van der Waals surface area contributed by atoms with Gasteiger partial charge in [0.2, 0.25) is 0 Å². The molecule has 1 unspecified atom stereocenters. The second-order valence-electron chi connectivity index (χ2n) is 7.73. The maximum Gasteiger partial charge on any atom is 0.417 e. The molecule has 2 heterocycles. The van der Waals surface area contributed by atoms with Crippen molar-refractivity contribution >= 4 is 0 Å². The predicted molar refractivity (Wildman–Crippen MR) is 120 cm³/mol. The van der Waals surface area contributed by atoms with E-state index >= 15 is 0 Å². The number of pyridine rings is 1. The minimum atomic E-state index is -4.58. The third kappa shape index (κ3) is 5.06. The van der Waals surface area contributed by atoms with Crippen molar-refractivity contribution in [2.75, 3.05) is 0 Å². The van der Waals surface area contributed by atoms with Gasteiger partial charge in [0.1, 0.15) is 12.2 Å². The lowest BCUT2D eigenvalue weighted by Gasteiger charge is -2.21. The molecule has 0 spiro atoms. The molecule has 0 saturated heterocycles. The first-order valence-corrected chi connectivity index (χ1v) is 10.5. The smallest absolute Gasteiger partial charge is 0.361 e. The molecule has 0 fully saturated rings. The number of rotatable bonds is 6. The summed E-state index contributed by atoms with van der Waals surface area (Å²) in [6, 6.07) is 17.1. The van der Waals surface area contributed by atoms with Gasteiger partial charge in [0.25, 0.3) is 0 Å². The van der Waals surface area contributed by atoms with Crippen LogP contribution in [0.25, 0.3) is 11.1 Å². The Hall–Kier alpha value is -4.47. The summed E-state index contributed by atoms with van der Waals surface area (Å²) < 4.78 is 49.1. The van der Waals surface area contributed by atoms with Crippen molar-refractivity contribution in [3.63, 3.8) is 0 Å². The summed E-state index contributed by atoms with van der Waals surface area (Å²) in [4.78, 5) is 8.35. The monoisotopic (exact) mass is 473 g/mol. The van der Waals surface area contributed by atoms with Crippen LogP contribution in [0.3, 0.4) is 0 Å². The van der Waals surface area contributed by atoms with Crippen LogP contribution in [0.1, 0.15) is 39.7 Å². The lowest BCUT2D eigenvalue weighted by molar-refractivity contribution is -0.137. The van der Waals surface area contributed by atoms with Crippen molar-refractivity contribution in [3.05, 3.63) is 107 Å². The summed E-state index contributed by atoms with van der Waals surface area (Å²) in [5, 5.41) is 18.6. The van der Waals surface area contributed by atoms with Crippen molar-refractivity contribution in [1.82, 2.24) is 14.5 Å². The topological polar surface area (TPSA) is 87.5 Å². The zero-order valence-electron chi connectivity index (χ0n) is 18.5. The summed E-state index contributed by atoms with van der Waals surface area (Å²) in [5.41, 5.74) is 1.56. The number of benzene rings is 2. The number of aromatic nitrogens is 3. The third-order valence-corrected chi connectivity index (χ3v) is 5.46. The van der Waals surface area contributed by atoms with Gasteiger partial charge in [0.05, 0.1) is 53.3 Å². The van der Waals surface area contributed by atoms with Gasteiger partial charge in [-0.25, -0.2) is 4.98 Å². The SMILES string of the molecule is Cn1cncc1C(OCc1ccc(C#N)cn1)c1ccc(C#N)c(-c2ccccc2C(F)(F)F)c1. The molecular formula is C26H18F3N5O. The third-order valence-electron chi connectivity index (χ3n) is 5.46. The van der Waals surface area contributed by atoms with E-state index in [2.05, 4.69) is 9.97 Å². The number of nitrogens with zero attached hydrogens (tertiary/aromatic N) is 5. The number of nitriles is 2. The second kappa shape index (κ2) is 9.80.